The fraction of sp³-hybridized carbons (Fsp3) is 0.600. The van der Waals surface area contributed by atoms with Gasteiger partial charge in [0.2, 0.25) is 11.8 Å². The molecule has 1 aromatic carbocycles. The second kappa shape index (κ2) is 8.88. The molecule has 1 atom stereocenters. The van der Waals surface area contributed by atoms with Gasteiger partial charge in [0, 0.05) is 11.6 Å². The predicted molar refractivity (Wildman–Crippen MR) is 99.5 cm³/mol. The van der Waals surface area contributed by atoms with E-state index in [4.69, 9.17) is 4.74 Å². The first-order valence-electron chi connectivity index (χ1n) is 9.16. The van der Waals surface area contributed by atoms with Crippen LogP contribution in [0.3, 0.4) is 0 Å². The van der Waals surface area contributed by atoms with Crippen LogP contribution in [0.4, 0.5) is 5.69 Å². The molecule has 1 aromatic rings. The van der Waals surface area contributed by atoms with Gasteiger partial charge < -0.3 is 15.4 Å². The normalized spacial score (nSPS) is 21.5. The van der Waals surface area contributed by atoms with Crippen molar-refractivity contribution >= 4 is 17.5 Å². The number of nitrogens with one attached hydrogen (secondary N) is 2. The first-order valence-corrected chi connectivity index (χ1v) is 9.16. The van der Waals surface area contributed by atoms with E-state index in [0.29, 0.717) is 11.6 Å². The highest BCUT2D eigenvalue weighted by Gasteiger charge is 2.29. The summed E-state index contributed by atoms with van der Waals surface area (Å²) in [5, 5.41) is 5.85. The van der Waals surface area contributed by atoms with E-state index in [9.17, 15) is 9.59 Å². The van der Waals surface area contributed by atoms with E-state index in [1.54, 1.807) is 31.4 Å². The number of carbonyl (C=O) groups is 2. The van der Waals surface area contributed by atoms with Crippen LogP contribution < -0.4 is 15.4 Å². The van der Waals surface area contributed by atoms with Crippen molar-refractivity contribution in [1.82, 2.24) is 5.32 Å². The summed E-state index contributed by atoms with van der Waals surface area (Å²) >= 11 is 0. The molecule has 2 rings (SSSR count). The molecule has 0 bridgehead atoms. The highest BCUT2D eigenvalue weighted by molar-refractivity contribution is 5.97. The van der Waals surface area contributed by atoms with Crippen molar-refractivity contribution in [2.45, 2.75) is 52.5 Å². The van der Waals surface area contributed by atoms with Gasteiger partial charge in [0.05, 0.1) is 7.11 Å². The highest BCUT2D eigenvalue weighted by Crippen LogP contribution is 2.28. The third kappa shape index (κ3) is 5.48. The first kappa shape index (κ1) is 19.3. The lowest BCUT2D eigenvalue weighted by atomic mass is 9.82. The van der Waals surface area contributed by atoms with Gasteiger partial charge in [-0.3, -0.25) is 9.59 Å². The van der Waals surface area contributed by atoms with E-state index < -0.39 is 6.04 Å². The van der Waals surface area contributed by atoms with E-state index in [1.165, 1.54) is 0 Å². The van der Waals surface area contributed by atoms with Gasteiger partial charge in [0.25, 0.3) is 0 Å². The van der Waals surface area contributed by atoms with E-state index in [0.717, 1.165) is 31.4 Å². The molecule has 5 heteroatoms. The van der Waals surface area contributed by atoms with Crippen LogP contribution in [-0.2, 0) is 9.59 Å². The Labute approximate surface area is 150 Å². The molecule has 2 amide bonds. The summed E-state index contributed by atoms with van der Waals surface area (Å²) in [6.07, 6.45) is 4.00. The molecule has 2 N–H and O–H groups in total. The van der Waals surface area contributed by atoms with E-state index in [2.05, 4.69) is 17.6 Å². The number of methoxy groups -OCH3 is 1. The average molecular weight is 346 g/mol. The van der Waals surface area contributed by atoms with Crippen molar-refractivity contribution in [3.8, 4) is 5.75 Å². The highest BCUT2D eigenvalue weighted by atomic mass is 16.5. The number of carbonyl (C=O) groups excluding carboxylic acids is 2. The minimum Gasteiger partial charge on any atom is -0.497 e. The Bertz CT molecular complexity index is 575. The zero-order chi connectivity index (χ0) is 18.4. The minimum atomic E-state index is -0.533. The molecule has 0 unspecified atom stereocenters. The summed E-state index contributed by atoms with van der Waals surface area (Å²) in [7, 11) is 1.60. The van der Waals surface area contributed by atoms with E-state index in [1.807, 2.05) is 13.8 Å². The Kier molecular flexibility index (Phi) is 6.85. The number of amides is 2. The molecule has 0 aliphatic heterocycles. The quantitative estimate of drug-likeness (QED) is 0.827. The Hall–Kier alpha value is -2.04. The predicted octanol–water partition coefficient (Wildman–Crippen LogP) is 3.60. The van der Waals surface area contributed by atoms with E-state index in [-0.39, 0.29) is 23.7 Å². The number of ether oxygens (including phenoxy) is 1. The maximum atomic E-state index is 12.6. The smallest absolute Gasteiger partial charge is 0.247 e. The van der Waals surface area contributed by atoms with Crippen LogP contribution in [0.1, 0.15) is 46.5 Å². The molecule has 0 radical (unpaired) electrons. The molecule has 1 aliphatic carbocycles. The summed E-state index contributed by atoms with van der Waals surface area (Å²) in [6.45, 7) is 6.12. The SMILES string of the molecule is COc1ccc(NC(=O)[C@@H](NC(=O)C2CCC(C)CC2)C(C)C)cc1. The number of benzene rings is 1. The van der Waals surface area contributed by atoms with Crippen LogP contribution >= 0.6 is 0 Å². The van der Waals surface area contributed by atoms with Crippen LogP contribution in [0.25, 0.3) is 0 Å². The Morgan fingerprint density at radius 2 is 1.68 bits per heavy atom. The second-order valence-electron chi connectivity index (χ2n) is 7.40. The standard InChI is InChI=1S/C20H30N2O3/c1-13(2)18(22-19(23)15-7-5-14(3)6-8-15)20(24)21-16-9-11-17(25-4)12-10-16/h9-15,18H,5-8H2,1-4H3,(H,21,24)(H,22,23)/t14?,15?,18-/m0/s1. The molecule has 5 nitrogen and oxygen atoms in total. The lowest BCUT2D eigenvalue weighted by Gasteiger charge is -2.28. The molecule has 0 spiro atoms. The molecule has 0 heterocycles. The number of hydrogen-bond acceptors (Lipinski definition) is 3. The van der Waals surface area contributed by atoms with Crippen molar-refractivity contribution in [1.29, 1.82) is 0 Å². The molecular weight excluding hydrogens is 316 g/mol. The van der Waals surface area contributed by atoms with Gasteiger partial charge in [-0.15, -0.1) is 0 Å². The topological polar surface area (TPSA) is 67.4 Å². The second-order valence-corrected chi connectivity index (χ2v) is 7.40. The molecule has 0 saturated heterocycles. The monoisotopic (exact) mass is 346 g/mol. The van der Waals surface area contributed by atoms with Crippen LogP contribution in [0.5, 0.6) is 5.75 Å². The van der Waals surface area contributed by atoms with Gasteiger partial charge in [-0.05, 0) is 61.8 Å². The Balaban J connectivity index is 1.96. The van der Waals surface area contributed by atoms with Crippen molar-refractivity contribution in [2.24, 2.45) is 17.8 Å². The molecule has 138 valence electrons. The lowest BCUT2D eigenvalue weighted by molar-refractivity contribution is -0.131. The summed E-state index contributed by atoms with van der Waals surface area (Å²) in [5.74, 6) is 1.31. The maximum absolute atomic E-state index is 12.6. The lowest BCUT2D eigenvalue weighted by Crippen LogP contribution is -2.49. The number of rotatable bonds is 6. The molecule has 1 saturated carbocycles. The largest absolute Gasteiger partial charge is 0.497 e. The van der Waals surface area contributed by atoms with Crippen molar-refractivity contribution in [2.75, 3.05) is 12.4 Å². The van der Waals surface area contributed by atoms with Crippen molar-refractivity contribution < 1.29 is 14.3 Å². The number of hydrogen-bond donors (Lipinski definition) is 2. The minimum absolute atomic E-state index is 0.00970. The Morgan fingerprint density at radius 1 is 1.08 bits per heavy atom. The summed E-state index contributed by atoms with van der Waals surface area (Å²) in [6, 6.07) is 6.63. The van der Waals surface area contributed by atoms with Gasteiger partial charge in [-0.1, -0.05) is 20.8 Å². The third-order valence-electron chi connectivity index (χ3n) is 4.99. The average Bonchev–Trinajstić information content (AvgIpc) is 2.60. The zero-order valence-electron chi connectivity index (χ0n) is 15.7. The van der Waals surface area contributed by atoms with Crippen LogP contribution in [0.2, 0.25) is 0 Å². The van der Waals surface area contributed by atoms with Gasteiger partial charge in [-0.25, -0.2) is 0 Å². The molecule has 0 aromatic heterocycles. The third-order valence-corrected chi connectivity index (χ3v) is 4.99. The molecule has 1 aliphatic rings. The fourth-order valence-corrected chi connectivity index (χ4v) is 3.22. The van der Waals surface area contributed by atoms with Crippen LogP contribution in [-0.4, -0.2) is 25.0 Å². The first-order chi connectivity index (χ1) is 11.9. The Morgan fingerprint density at radius 3 is 2.20 bits per heavy atom. The summed E-state index contributed by atoms with van der Waals surface area (Å²) in [5.41, 5.74) is 0.692. The van der Waals surface area contributed by atoms with Gasteiger partial charge in [-0.2, -0.15) is 0 Å². The van der Waals surface area contributed by atoms with Gasteiger partial charge >= 0.3 is 0 Å². The summed E-state index contributed by atoms with van der Waals surface area (Å²) < 4.78 is 5.12. The molecular formula is C20H30N2O3. The molecule has 25 heavy (non-hydrogen) atoms. The van der Waals surface area contributed by atoms with Crippen molar-refractivity contribution in [3.63, 3.8) is 0 Å². The van der Waals surface area contributed by atoms with Crippen LogP contribution in [0.15, 0.2) is 24.3 Å². The number of anilines is 1. The van der Waals surface area contributed by atoms with Gasteiger partial charge in [0.1, 0.15) is 11.8 Å². The molecule has 1 fully saturated rings. The summed E-state index contributed by atoms with van der Waals surface area (Å²) in [4.78, 5) is 25.2. The fourth-order valence-electron chi connectivity index (χ4n) is 3.22. The maximum Gasteiger partial charge on any atom is 0.247 e. The van der Waals surface area contributed by atoms with Crippen molar-refractivity contribution in [3.05, 3.63) is 24.3 Å². The van der Waals surface area contributed by atoms with E-state index >= 15 is 0 Å². The van der Waals surface area contributed by atoms with Crippen LogP contribution in [0, 0.1) is 17.8 Å². The zero-order valence-corrected chi connectivity index (χ0v) is 15.7. The van der Waals surface area contributed by atoms with Gasteiger partial charge in [0.15, 0.2) is 0 Å².